The van der Waals surface area contributed by atoms with Gasteiger partial charge in [0.1, 0.15) is 5.78 Å². The van der Waals surface area contributed by atoms with Crippen LogP contribution in [0.3, 0.4) is 0 Å². The maximum atomic E-state index is 13.2. The number of fused-ring (bicyclic) bond motifs is 2. The van der Waals surface area contributed by atoms with Crippen molar-refractivity contribution >= 4 is 26.0 Å². The molecular weight excluding hydrogens is 428 g/mol. The molecule has 4 fully saturated rings. The van der Waals surface area contributed by atoms with E-state index in [1.807, 2.05) is 20.9 Å². The molecule has 0 spiro atoms. The molecule has 0 aromatic rings. The predicted octanol–water partition coefficient (Wildman–Crippen LogP) is -0.179. The van der Waals surface area contributed by atoms with E-state index in [-0.39, 0.29) is 49.0 Å². The highest BCUT2D eigenvalue weighted by atomic mass is 32.2. The molecule has 172 valence electrons. The van der Waals surface area contributed by atoms with E-state index < -0.39 is 25.6 Å². The van der Waals surface area contributed by atoms with E-state index in [1.54, 1.807) is 0 Å². The maximum Gasteiger partial charge on any atom is 0.282 e. The lowest BCUT2D eigenvalue weighted by Gasteiger charge is -2.41. The van der Waals surface area contributed by atoms with E-state index in [9.17, 15) is 21.6 Å². The molecule has 4 rings (SSSR count). The first-order valence-corrected chi connectivity index (χ1v) is 13.9. The second-order valence-corrected chi connectivity index (χ2v) is 13.8. The van der Waals surface area contributed by atoms with Crippen molar-refractivity contribution in [2.45, 2.75) is 33.1 Å². The topological polar surface area (TPSA) is 98.3 Å². The van der Waals surface area contributed by atoms with Gasteiger partial charge in [-0.1, -0.05) is 13.8 Å². The van der Waals surface area contributed by atoms with E-state index in [4.69, 9.17) is 0 Å². The molecule has 2 saturated carbocycles. The van der Waals surface area contributed by atoms with E-state index in [0.29, 0.717) is 39.0 Å². The largest absolute Gasteiger partial charge is 0.304 e. The molecule has 2 bridgehead atoms. The van der Waals surface area contributed by atoms with Crippen molar-refractivity contribution < 1.29 is 21.6 Å². The molecule has 2 heterocycles. The Morgan fingerprint density at radius 2 is 1.37 bits per heavy atom. The zero-order valence-electron chi connectivity index (χ0n) is 18.2. The fraction of sp³-hybridized carbons (Fsp3) is 0.947. The molecule has 11 heteroatoms. The predicted molar refractivity (Wildman–Crippen MR) is 113 cm³/mol. The lowest BCUT2D eigenvalue weighted by atomic mass is 9.70. The molecule has 2 saturated heterocycles. The second kappa shape index (κ2) is 7.48. The average Bonchev–Trinajstić information content (AvgIpc) is 3.02. The molecule has 0 aromatic heterocycles. The summed E-state index contributed by atoms with van der Waals surface area (Å²) < 4.78 is 56.6. The number of likely N-dealkylation sites (N-methyl/N-ethyl adjacent to an activating group) is 1. The fourth-order valence-electron chi connectivity index (χ4n) is 5.87. The van der Waals surface area contributed by atoms with Crippen LogP contribution in [0.5, 0.6) is 0 Å². The molecule has 2 aliphatic heterocycles. The van der Waals surface area contributed by atoms with Gasteiger partial charge in [0.05, 0.1) is 5.75 Å². The molecule has 0 amide bonds. The molecule has 0 radical (unpaired) electrons. The fourth-order valence-corrected chi connectivity index (χ4v) is 9.65. The highest BCUT2D eigenvalue weighted by Crippen LogP contribution is 2.64. The normalized spacial score (nSPS) is 34.6. The SMILES string of the molecule is CN1CCN(S(=O)(=O)N2CCN(S(=O)(=O)CC34CCC(CC3=O)C4(C)C)CC2)CC1. The summed E-state index contributed by atoms with van der Waals surface area (Å²) in [5.74, 6) is 0.211. The van der Waals surface area contributed by atoms with Gasteiger partial charge >= 0.3 is 0 Å². The minimum absolute atomic E-state index is 0.0867. The number of rotatable bonds is 5. The molecule has 0 aromatic carbocycles. The number of sulfonamides is 1. The molecule has 9 nitrogen and oxygen atoms in total. The van der Waals surface area contributed by atoms with Gasteiger partial charge < -0.3 is 4.90 Å². The Balaban J connectivity index is 1.42. The maximum absolute atomic E-state index is 13.2. The summed E-state index contributed by atoms with van der Waals surface area (Å²) in [6.07, 6.45) is 2.03. The Morgan fingerprint density at radius 1 is 0.867 bits per heavy atom. The van der Waals surface area contributed by atoms with Crippen LogP contribution in [0.25, 0.3) is 0 Å². The van der Waals surface area contributed by atoms with Crippen LogP contribution in [0.1, 0.15) is 33.1 Å². The van der Waals surface area contributed by atoms with Gasteiger partial charge in [0.25, 0.3) is 10.2 Å². The highest BCUT2D eigenvalue weighted by molar-refractivity contribution is 7.89. The monoisotopic (exact) mass is 462 g/mol. The van der Waals surface area contributed by atoms with Crippen LogP contribution < -0.4 is 0 Å². The van der Waals surface area contributed by atoms with Crippen LogP contribution in [-0.2, 0) is 25.0 Å². The van der Waals surface area contributed by atoms with Gasteiger partial charge in [-0.3, -0.25) is 4.79 Å². The zero-order chi connectivity index (χ0) is 21.9. The van der Waals surface area contributed by atoms with E-state index >= 15 is 0 Å². The summed E-state index contributed by atoms with van der Waals surface area (Å²) in [5, 5.41) is 0. The van der Waals surface area contributed by atoms with Gasteiger partial charge in [0, 0.05) is 64.2 Å². The van der Waals surface area contributed by atoms with E-state index in [0.717, 1.165) is 6.42 Å². The van der Waals surface area contributed by atoms with Gasteiger partial charge in [0.15, 0.2) is 0 Å². The summed E-state index contributed by atoms with van der Waals surface area (Å²) in [7, 11) is -5.25. The van der Waals surface area contributed by atoms with Crippen molar-refractivity contribution in [3.63, 3.8) is 0 Å². The lowest BCUT2D eigenvalue weighted by Crippen LogP contribution is -2.58. The number of carbonyl (C=O) groups is 1. The van der Waals surface area contributed by atoms with E-state index in [1.165, 1.54) is 12.9 Å². The number of hydrogen-bond acceptors (Lipinski definition) is 6. The van der Waals surface area contributed by atoms with Gasteiger partial charge in [-0.05, 0) is 31.2 Å². The smallest absolute Gasteiger partial charge is 0.282 e. The van der Waals surface area contributed by atoms with Crippen LogP contribution in [0, 0.1) is 16.7 Å². The zero-order valence-corrected chi connectivity index (χ0v) is 19.8. The first-order valence-electron chi connectivity index (χ1n) is 10.9. The lowest BCUT2D eigenvalue weighted by molar-refractivity contribution is -0.128. The molecule has 0 N–H and O–H groups in total. The average molecular weight is 463 g/mol. The van der Waals surface area contributed by atoms with Crippen LogP contribution in [0.4, 0.5) is 0 Å². The highest BCUT2D eigenvalue weighted by Gasteiger charge is 2.65. The van der Waals surface area contributed by atoms with Crippen molar-refractivity contribution in [1.82, 2.24) is 17.8 Å². The van der Waals surface area contributed by atoms with Crippen LogP contribution >= 0.6 is 0 Å². The number of nitrogens with zero attached hydrogens (tertiary/aromatic N) is 4. The van der Waals surface area contributed by atoms with Crippen LogP contribution in [0.15, 0.2) is 0 Å². The van der Waals surface area contributed by atoms with Crippen molar-refractivity contribution in [3.05, 3.63) is 0 Å². The Bertz CT molecular complexity index is 903. The first kappa shape index (κ1) is 22.6. The number of Topliss-reactive ketones (excluding diaryl/α,β-unsaturated/α-hetero) is 1. The third-order valence-corrected chi connectivity index (χ3v) is 12.3. The Kier molecular flexibility index (Phi) is 5.64. The van der Waals surface area contributed by atoms with Gasteiger partial charge in [-0.2, -0.15) is 21.3 Å². The number of ketones is 1. The molecule has 2 atom stereocenters. The van der Waals surface area contributed by atoms with Crippen LogP contribution in [-0.4, -0.2) is 106 Å². The quantitative estimate of drug-likeness (QED) is 0.562. The second-order valence-electron chi connectivity index (χ2n) is 9.93. The molecule has 30 heavy (non-hydrogen) atoms. The Labute approximate surface area is 180 Å². The summed E-state index contributed by atoms with van der Waals surface area (Å²) in [4.78, 5) is 14.8. The summed E-state index contributed by atoms with van der Waals surface area (Å²) in [6.45, 7) is 6.96. The minimum atomic E-state index is -3.64. The van der Waals surface area contributed by atoms with Gasteiger partial charge in [-0.25, -0.2) is 8.42 Å². The third kappa shape index (κ3) is 3.45. The molecule has 2 aliphatic carbocycles. The molecular formula is C19H34N4O5S2. The van der Waals surface area contributed by atoms with Gasteiger partial charge in [0.2, 0.25) is 10.0 Å². The van der Waals surface area contributed by atoms with Crippen molar-refractivity contribution in [1.29, 1.82) is 0 Å². The Morgan fingerprint density at radius 3 is 1.83 bits per heavy atom. The van der Waals surface area contributed by atoms with Gasteiger partial charge in [-0.15, -0.1) is 0 Å². The third-order valence-electron chi connectivity index (χ3n) is 8.27. The number of hydrogen-bond donors (Lipinski definition) is 0. The first-order chi connectivity index (χ1) is 13.9. The number of carbonyl (C=O) groups excluding carboxylic acids is 1. The van der Waals surface area contributed by atoms with Crippen LogP contribution in [0.2, 0.25) is 0 Å². The summed E-state index contributed by atoms with van der Waals surface area (Å²) in [6, 6.07) is 0. The van der Waals surface area contributed by atoms with Crippen molar-refractivity contribution in [3.8, 4) is 0 Å². The van der Waals surface area contributed by atoms with Crippen molar-refractivity contribution in [2.75, 3.05) is 65.2 Å². The molecule has 2 unspecified atom stereocenters. The standard InChI is InChI=1S/C19H34N4O5S2/c1-18(2)16-4-5-19(18,17(24)14-16)15-29(25,26)21-10-12-23(13-11-21)30(27,28)22-8-6-20(3)7-9-22/h16H,4-15H2,1-3H3. The van der Waals surface area contributed by atoms with E-state index in [2.05, 4.69) is 4.90 Å². The van der Waals surface area contributed by atoms with Crippen molar-refractivity contribution in [2.24, 2.45) is 16.7 Å². The molecule has 4 aliphatic rings. The summed E-state index contributed by atoms with van der Waals surface area (Å²) in [5.41, 5.74) is -1.09. The summed E-state index contributed by atoms with van der Waals surface area (Å²) >= 11 is 0. The Hall–Kier alpha value is -0.590. The minimum Gasteiger partial charge on any atom is -0.304 e. The number of piperazine rings is 2.